The molecule has 25 N–H and O–H groups in total. The molecule has 0 unspecified atom stereocenters. The van der Waals surface area contributed by atoms with Crippen LogP contribution in [0.15, 0.2) is 97.2 Å². The van der Waals surface area contributed by atoms with Crippen LogP contribution in [0.25, 0.3) is 10.9 Å². The zero-order valence-electron chi connectivity index (χ0n) is 88.1. The summed E-state index contributed by atoms with van der Waals surface area (Å²) >= 11 is 0. The van der Waals surface area contributed by atoms with Gasteiger partial charge in [-0.15, -0.1) is 0 Å². The Morgan fingerprint density at radius 3 is 1.66 bits per heavy atom. The van der Waals surface area contributed by atoms with E-state index in [0.29, 0.717) is 66.1 Å². The molecule has 43 heteroatoms. The van der Waals surface area contributed by atoms with Crippen molar-refractivity contribution < 1.29 is 111 Å². The Hall–Kier alpha value is -12.1. The van der Waals surface area contributed by atoms with Crippen molar-refractivity contribution in [2.45, 2.75) is 353 Å². The Morgan fingerprint density at radius 1 is 0.514 bits per heavy atom. The molecule has 2 heterocycles. The molecule has 1 aliphatic rings. The van der Waals surface area contributed by atoms with Crippen LogP contribution in [0.3, 0.4) is 0 Å². The number of primary amides is 2. The first-order chi connectivity index (χ1) is 69.8. The van der Waals surface area contributed by atoms with Gasteiger partial charge in [-0.2, -0.15) is 0 Å². The fraction of sp³-hybridized carbons (Fsp3) is 0.600. The lowest BCUT2D eigenvalue weighted by Gasteiger charge is -2.33. The number of hydrogen-bond donors (Lipinski definition) is 23. The fourth-order valence-corrected chi connectivity index (χ4v) is 16.5. The van der Waals surface area contributed by atoms with Gasteiger partial charge >= 0.3 is 5.97 Å². The summed E-state index contributed by atoms with van der Waals surface area (Å²) in [6, 6.07) is 3.34. The van der Waals surface area contributed by atoms with Crippen LogP contribution in [0.1, 0.15) is 243 Å². The van der Waals surface area contributed by atoms with E-state index in [-0.39, 0.29) is 157 Å². The van der Waals surface area contributed by atoms with Gasteiger partial charge in [0.25, 0.3) is 0 Å². The maximum atomic E-state index is 15.7. The highest BCUT2D eigenvalue weighted by molar-refractivity contribution is 6.43. The molecule has 4 aromatic rings. The summed E-state index contributed by atoms with van der Waals surface area (Å²) in [5.74, 6) is -15.8. The van der Waals surface area contributed by atoms with Crippen LogP contribution in [-0.4, -0.2) is 284 Å². The minimum absolute atomic E-state index is 0.0339. The number of phenolic OH excluding ortho intramolecular Hbond substituents is 1. The van der Waals surface area contributed by atoms with E-state index >= 15 is 19.2 Å². The summed E-state index contributed by atoms with van der Waals surface area (Å²) in [5, 5.41) is 69.2. The Morgan fingerprint density at radius 2 is 1.07 bits per heavy atom. The molecule has 0 aliphatic carbocycles. The second kappa shape index (κ2) is 64.3. The lowest BCUT2D eigenvalue weighted by Crippen LogP contribution is -2.65. The molecule has 3 aromatic carbocycles. The molecule has 0 fully saturated rings. The number of carboxylic acid groups (broad SMARTS) is 1. The van der Waals surface area contributed by atoms with Crippen LogP contribution in [0.5, 0.6) is 5.75 Å². The summed E-state index contributed by atoms with van der Waals surface area (Å²) in [6.45, 7) is 22.9. The highest BCUT2D eigenvalue weighted by atomic mass is 16.4. The Kier molecular flexibility index (Phi) is 54.9. The number of ketones is 11. The number of fused-ring (bicyclic) bond motifs is 1. The van der Waals surface area contributed by atoms with Crippen molar-refractivity contribution in [3.8, 4) is 5.75 Å². The third-order valence-electron chi connectivity index (χ3n) is 26.1. The number of carboxylic acids is 1. The highest BCUT2D eigenvalue weighted by Gasteiger charge is 2.45. The molecule has 5 rings (SSSR count). The fourth-order valence-electron chi connectivity index (χ4n) is 16.5. The topological polar surface area (TPSA) is 674 Å². The van der Waals surface area contributed by atoms with Crippen LogP contribution < -0.4 is 102 Å². The molecule has 0 saturated heterocycles. The Balaban J connectivity index is 1.47. The second-order valence-electron chi connectivity index (χ2n) is 39.9. The molecule has 0 spiro atoms. The van der Waals surface area contributed by atoms with Crippen molar-refractivity contribution in [2.24, 2.45) is 23.3 Å². The minimum Gasteiger partial charge on any atom is -0.508 e. The average molecular weight is 2070 g/mol. The van der Waals surface area contributed by atoms with Crippen molar-refractivity contribution in [1.29, 1.82) is 0 Å². The Labute approximate surface area is 865 Å². The van der Waals surface area contributed by atoms with E-state index in [1.807, 2.05) is 26.0 Å². The number of aliphatic hydroxyl groups is 1. The van der Waals surface area contributed by atoms with Crippen LogP contribution in [0.4, 0.5) is 0 Å². The number of amides is 8. The highest BCUT2D eigenvalue weighted by Crippen LogP contribution is 2.25. The molecule has 1 aliphatic heterocycles. The number of nitrogens with one attached hydrogen (secondary N) is 18. The summed E-state index contributed by atoms with van der Waals surface area (Å²) in [7, 11) is 0. The van der Waals surface area contributed by atoms with Gasteiger partial charge in [-0.3, -0.25) is 112 Å². The number of rotatable bonds is 52. The standard InChI is InChI=1S/C105H160N20O23/c1-60(2)50-81(117-70(13)127)101(146)120-93(69(12)126)96(141)94(139)80(52-71-30-24-23-25-31-71)124-125-105(15)46-29-22-20-18-16-17-19-21-28-45-104(14,90(135)58-112-64(7)86(131)44-48-109-62(5)84(129)42-47-108-63(6)85(130)43-49-110-66(9)89(134)57-111-68(11)99(144)116-67(10)98(107)143)121-103(148)82(51-61(3)4)119-100(145)78(38-40-91(106)136)115-59-114-65(8)87(132)55-88(133)79(54-73-56-113-76-33-27-26-32-75(73)76)122-123-83(53-72-34-36-74(128)37-35-72)102(147)118-77(39-41-92(137)138)95(140)97(105)142/h17,19,23-27,30-37,56,60-69,77-83,93,108-115,122-126,128H,16,18,20-22,28-29,38-55,57-59H2,1-15H3,(H2,106,136)(H2,107,143)(H,116,144)(H,117,127)(H,118,147)(H,119,145)(H,120,146)(H,121,148)(H,137,138)/t62-,63-,64-,65-,66-,67+,68+,69+,77-,78-,79-,80-,81-,82-,83-,93-,104-,105+/m0/s1. The van der Waals surface area contributed by atoms with Crippen molar-refractivity contribution in [1.82, 2.24) is 95.8 Å². The maximum absolute atomic E-state index is 15.7. The molecule has 0 radical (unpaired) electrons. The summed E-state index contributed by atoms with van der Waals surface area (Å²) < 4.78 is 0. The number of aliphatic hydroxyl groups excluding tert-OH is 1. The van der Waals surface area contributed by atoms with Gasteiger partial charge in [-0.1, -0.05) is 120 Å². The first-order valence-corrected chi connectivity index (χ1v) is 51.2. The van der Waals surface area contributed by atoms with E-state index in [0.717, 1.165) is 0 Å². The SMILES string of the molecule is CC(=O)N[C@@H](CC(C)C)C(=O)N[C@H](C(=O)C(=O)[C@H](Cc1ccccc1)NN[C@]1(C)CCCCCCC=CCCC[C@@](C)(C(=O)CN[C@@H](C)C(=O)CCN[C@@H](C)C(=O)CCN[C@@H](C)C(=O)CCN[C@@H](C)C(=O)CN[C@H](C)C(=O)N[C@H](C)C(N)=O)NC(=O)[C@H](CC(C)C)NC(=O)[C@H](CCC(N)=O)NCN[C@@H](C)C(=O)CC(=O)[C@H](Cc2c[nH]c3ccccc23)NN[C@@H](Cc2ccc(O)cc2)C(=O)N[C@@H](CCC(=O)O)C(=O)C1=O)[C@@H](C)O. The smallest absolute Gasteiger partial charge is 0.303 e. The van der Waals surface area contributed by atoms with E-state index in [9.17, 15) is 92.0 Å². The molecular weight excluding hydrogens is 1910 g/mol. The first-order valence-electron chi connectivity index (χ1n) is 51.2. The van der Waals surface area contributed by atoms with Gasteiger partial charge in [0.05, 0.1) is 97.1 Å². The van der Waals surface area contributed by atoms with Gasteiger partial charge in [0.15, 0.2) is 40.5 Å². The van der Waals surface area contributed by atoms with Crippen LogP contribution in [0, 0.1) is 11.8 Å². The van der Waals surface area contributed by atoms with Gasteiger partial charge in [0.2, 0.25) is 70.4 Å². The van der Waals surface area contributed by atoms with Crippen LogP contribution in [0.2, 0.25) is 0 Å². The van der Waals surface area contributed by atoms with Gasteiger partial charge in [-0.05, 0) is 199 Å². The van der Waals surface area contributed by atoms with E-state index in [4.69, 9.17) is 11.5 Å². The van der Waals surface area contributed by atoms with E-state index in [1.54, 1.807) is 102 Å². The third-order valence-corrected chi connectivity index (χ3v) is 26.1. The van der Waals surface area contributed by atoms with Crippen LogP contribution >= 0.6 is 0 Å². The molecule has 18 atom stereocenters. The lowest BCUT2D eigenvalue weighted by molar-refractivity contribution is -0.144. The van der Waals surface area contributed by atoms with E-state index in [2.05, 4.69) is 95.8 Å². The molecule has 818 valence electrons. The average Bonchev–Trinajstić information content (AvgIpc) is 1.01. The quantitative estimate of drug-likeness (QED) is 0.0127. The van der Waals surface area contributed by atoms with Gasteiger partial charge in [-0.25, -0.2) is 21.7 Å². The zero-order chi connectivity index (χ0) is 110. The number of Topliss-reactive ketones (excluding diaryl/α,β-unsaturated/α-hetero) is 11. The van der Waals surface area contributed by atoms with Crippen molar-refractivity contribution >= 4 is 128 Å². The number of nitrogens with two attached hydrogens (primary N) is 2. The number of hydrazine groups is 2. The lowest BCUT2D eigenvalue weighted by atomic mass is 9.85. The summed E-state index contributed by atoms with van der Waals surface area (Å²) in [5.41, 5.74) is 20.9. The molecule has 148 heavy (non-hydrogen) atoms. The van der Waals surface area contributed by atoms with Crippen LogP contribution in [-0.2, 0) is 115 Å². The third kappa shape index (κ3) is 44.7. The minimum atomic E-state index is -2.09. The summed E-state index contributed by atoms with van der Waals surface area (Å²) in [4.78, 5) is 281. The number of aromatic nitrogens is 1. The predicted octanol–water partition coefficient (Wildman–Crippen LogP) is 1.07. The van der Waals surface area contributed by atoms with Crippen molar-refractivity contribution in [2.75, 3.05) is 39.4 Å². The van der Waals surface area contributed by atoms with Crippen molar-refractivity contribution in [3.63, 3.8) is 0 Å². The largest absolute Gasteiger partial charge is 0.508 e. The molecule has 0 saturated carbocycles. The Bertz CT molecular complexity index is 5170. The predicted molar refractivity (Wildman–Crippen MR) is 555 cm³/mol. The second-order valence-corrected chi connectivity index (χ2v) is 39.9. The van der Waals surface area contributed by atoms with Gasteiger partial charge in [0.1, 0.15) is 36.0 Å². The number of aromatic hydroxyl groups is 1. The van der Waals surface area contributed by atoms with E-state index in [1.165, 1.54) is 72.7 Å². The number of carbonyl (C=O) groups excluding carboxylic acids is 19. The normalized spacial score (nSPS) is 21.5. The number of aromatic amines is 1. The number of hydrogen-bond acceptors (Lipinski definition) is 33. The number of allylic oxidation sites excluding steroid dienone is 2. The monoisotopic (exact) mass is 2070 g/mol. The van der Waals surface area contributed by atoms with E-state index < -0.39 is 227 Å². The number of para-hydroxylation sites is 1. The van der Waals surface area contributed by atoms with Crippen molar-refractivity contribution in [3.05, 3.63) is 114 Å². The maximum Gasteiger partial charge on any atom is 0.303 e. The number of phenols is 1. The number of benzene rings is 3. The number of carbonyl (C=O) groups is 20. The number of H-pyrrole nitrogens is 1. The number of aliphatic carboxylic acids is 1. The molecule has 8 amide bonds. The summed E-state index contributed by atoms with van der Waals surface area (Å²) in [6.07, 6.45) is 3.20. The van der Waals surface area contributed by atoms with Gasteiger partial charge < -0.3 is 84.9 Å². The first kappa shape index (κ1) is 126. The molecular formula is C105H160N20O23. The zero-order valence-corrected chi connectivity index (χ0v) is 88.1. The molecule has 1 aromatic heterocycles. The molecule has 0 bridgehead atoms. The van der Waals surface area contributed by atoms with Gasteiger partial charge in [0, 0.05) is 82.4 Å². The molecule has 43 nitrogen and oxygen atoms in total.